The molecule has 146 valence electrons. The molecule has 4 heterocycles. The molecule has 1 aliphatic heterocycles. The minimum atomic E-state index is 0.134. The van der Waals surface area contributed by atoms with Gasteiger partial charge in [0.1, 0.15) is 0 Å². The van der Waals surface area contributed by atoms with Gasteiger partial charge in [0, 0.05) is 37.8 Å². The molecule has 1 amide bonds. The lowest BCUT2D eigenvalue weighted by Gasteiger charge is -2.36. The summed E-state index contributed by atoms with van der Waals surface area (Å²) >= 11 is 0. The second kappa shape index (κ2) is 8.33. The molecular formula is C20H24N6O2. The molecule has 1 saturated heterocycles. The fraction of sp³-hybridized carbons (Fsp3) is 0.450. The van der Waals surface area contributed by atoms with Crippen molar-refractivity contribution < 1.29 is 9.53 Å². The minimum Gasteiger partial charge on any atom is -0.480 e. The highest BCUT2D eigenvalue weighted by Gasteiger charge is 2.27. The van der Waals surface area contributed by atoms with E-state index in [2.05, 4.69) is 26.3 Å². The molecule has 0 radical (unpaired) electrons. The number of rotatable bonds is 6. The summed E-state index contributed by atoms with van der Waals surface area (Å²) < 4.78 is 6.85. The molecule has 0 N–H and O–H groups in total. The van der Waals surface area contributed by atoms with Gasteiger partial charge in [-0.1, -0.05) is 6.07 Å². The van der Waals surface area contributed by atoms with Gasteiger partial charge >= 0.3 is 0 Å². The number of carbonyl (C=O) groups excluding carboxylic acids is 1. The second-order valence-corrected chi connectivity index (χ2v) is 7.00. The number of carbonyl (C=O) groups is 1. The van der Waals surface area contributed by atoms with Gasteiger partial charge in [0.2, 0.25) is 11.8 Å². The van der Waals surface area contributed by atoms with Crippen molar-refractivity contribution in [3.63, 3.8) is 0 Å². The Balaban J connectivity index is 1.40. The maximum absolute atomic E-state index is 12.9. The van der Waals surface area contributed by atoms with Gasteiger partial charge in [0.15, 0.2) is 11.5 Å². The van der Waals surface area contributed by atoms with Gasteiger partial charge in [-0.15, -0.1) is 15.3 Å². The van der Waals surface area contributed by atoms with Crippen molar-refractivity contribution in [2.75, 3.05) is 13.7 Å². The van der Waals surface area contributed by atoms with Crippen LogP contribution >= 0.6 is 0 Å². The van der Waals surface area contributed by atoms with Crippen LogP contribution in [0.15, 0.2) is 36.7 Å². The molecule has 8 nitrogen and oxygen atoms in total. The highest BCUT2D eigenvalue weighted by Crippen LogP contribution is 2.31. The topological polar surface area (TPSA) is 85.5 Å². The van der Waals surface area contributed by atoms with Crippen molar-refractivity contribution >= 4 is 11.6 Å². The summed E-state index contributed by atoms with van der Waals surface area (Å²) in [5, 5.41) is 12.7. The number of aryl methyl sites for hydroxylation is 1. The van der Waals surface area contributed by atoms with Gasteiger partial charge in [0.25, 0.3) is 0 Å². The number of ether oxygens (including phenoxy) is 1. The molecule has 0 spiro atoms. The summed E-state index contributed by atoms with van der Waals surface area (Å²) in [6, 6.07) is 7.70. The van der Waals surface area contributed by atoms with E-state index >= 15 is 0 Å². The normalized spacial score (nSPS) is 17.0. The van der Waals surface area contributed by atoms with Crippen LogP contribution < -0.4 is 4.74 Å². The van der Waals surface area contributed by atoms with Crippen LogP contribution in [0.4, 0.5) is 0 Å². The predicted octanol–water partition coefficient (Wildman–Crippen LogP) is 2.60. The van der Waals surface area contributed by atoms with Gasteiger partial charge < -0.3 is 9.64 Å². The molecule has 0 bridgehead atoms. The number of piperidine rings is 1. The smallest absolute Gasteiger partial charge is 0.231 e. The highest BCUT2D eigenvalue weighted by molar-refractivity contribution is 5.76. The lowest BCUT2D eigenvalue weighted by Crippen LogP contribution is -2.38. The van der Waals surface area contributed by atoms with E-state index in [9.17, 15) is 4.79 Å². The van der Waals surface area contributed by atoms with Gasteiger partial charge in [-0.3, -0.25) is 9.78 Å². The van der Waals surface area contributed by atoms with Crippen molar-refractivity contribution in [1.29, 1.82) is 0 Å². The number of nitrogens with zero attached hydrogens (tertiary/aromatic N) is 6. The van der Waals surface area contributed by atoms with Crippen LogP contribution in [0, 0.1) is 0 Å². The summed E-state index contributed by atoms with van der Waals surface area (Å²) in [5.74, 6) is 1.44. The molecule has 0 aliphatic carbocycles. The summed E-state index contributed by atoms with van der Waals surface area (Å²) in [5.41, 5.74) is 1.80. The van der Waals surface area contributed by atoms with E-state index in [0.717, 1.165) is 37.2 Å². The third-order valence-electron chi connectivity index (χ3n) is 5.20. The average Bonchev–Trinajstić information content (AvgIpc) is 3.16. The van der Waals surface area contributed by atoms with Gasteiger partial charge in [0.05, 0.1) is 13.2 Å². The van der Waals surface area contributed by atoms with Gasteiger partial charge in [-0.25, -0.2) is 0 Å². The summed E-state index contributed by atoms with van der Waals surface area (Å²) in [7, 11) is 1.58. The Hall–Kier alpha value is -3.03. The Kier molecular flexibility index (Phi) is 5.45. The fourth-order valence-corrected chi connectivity index (χ4v) is 3.77. The summed E-state index contributed by atoms with van der Waals surface area (Å²) in [4.78, 5) is 19.1. The Morgan fingerprint density at radius 1 is 1.25 bits per heavy atom. The van der Waals surface area contributed by atoms with E-state index in [1.165, 1.54) is 0 Å². The number of likely N-dealkylation sites (tertiary alicyclic amines) is 1. The van der Waals surface area contributed by atoms with Crippen LogP contribution in [0.1, 0.15) is 49.5 Å². The van der Waals surface area contributed by atoms with E-state index in [4.69, 9.17) is 4.74 Å². The number of pyridine rings is 1. The molecule has 28 heavy (non-hydrogen) atoms. The first-order valence-corrected chi connectivity index (χ1v) is 9.71. The number of hydrogen-bond donors (Lipinski definition) is 0. The number of hydrogen-bond acceptors (Lipinski definition) is 6. The maximum atomic E-state index is 12.9. The van der Waals surface area contributed by atoms with Crippen LogP contribution in [0.3, 0.4) is 0 Å². The lowest BCUT2D eigenvalue weighted by atomic mass is 9.96. The van der Waals surface area contributed by atoms with Crippen molar-refractivity contribution in [3.8, 4) is 5.88 Å². The molecule has 8 heteroatoms. The molecule has 3 aromatic heterocycles. The van der Waals surface area contributed by atoms with Crippen LogP contribution in [0.2, 0.25) is 0 Å². The van der Waals surface area contributed by atoms with Crippen molar-refractivity contribution in [3.05, 3.63) is 48.0 Å². The molecule has 1 fully saturated rings. The van der Waals surface area contributed by atoms with E-state index in [-0.39, 0.29) is 11.9 Å². The minimum absolute atomic E-state index is 0.134. The Labute approximate surface area is 163 Å². The molecule has 0 saturated carbocycles. The molecule has 1 atom stereocenters. The van der Waals surface area contributed by atoms with Crippen LogP contribution in [-0.2, 0) is 11.2 Å². The van der Waals surface area contributed by atoms with Gasteiger partial charge in [-0.2, -0.15) is 4.52 Å². The van der Waals surface area contributed by atoms with E-state index in [1.807, 2.05) is 23.2 Å². The van der Waals surface area contributed by atoms with E-state index in [1.54, 1.807) is 23.9 Å². The molecule has 4 rings (SSSR count). The second-order valence-electron chi connectivity index (χ2n) is 7.00. The Morgan fingerprint density at radius 3 is 3.00 bits per heavy atom. The molecule has 1 aliphatic rings. The first-order chi connectivity index (χ1) is 13.8. The maximum Gasteiger partial charge on any atom is 0.231 e. The van der Waals surface area contributed by atoms with E-state index < -0.39 is 0 Å². The third kappa shape index (κ3) is 3.81. The predicted molar refractivity (Wildman–Crippen MR) is 103 cm³/mol. The number of methoxy groups -OCH3 is 1. The Bertz CT molecular complexity index is 942. The molecule has 0 aromatic carbocycles. The van der Waals surface area contributed by atoms with Crippen molar-refractivity contribution in [2.24, 2.45) is 0 Å². The summed E-state index contributed by atoms with van der Waals surface area (Å²) in [6.45, 7) is 0.811. The first kappa shape index (κ1) is 18.3. The molecule has 0 unspecified atom stereocenters. The molecular weight excluding hydrogens is 356 g/mol. The van der Waals surface area contributed by atoms with Crippen LogP contribution in [0.25, 0.3) is 5.65 Å². The fourth-order valence-electron chi connectivity index (χ4n) is 3.77. The lowest BCUT2D eigenvalue weighted by molar-refractivity contribution is -0.135. The molecule has 3 aromatic rings. The highest BCUT2D eigenvalue weighted by atomic mass is 16.5. The first-order valence-electron chi connectivity index (χ1n) is 9.71. The zero-order valence-electron chi connectivity index (χ0n) is 16.0. The largest absolute Gasteiger partial charge is 0.480 e. The zero-order chi connectivity index (χ0) is 19.3. The average molecular weight is 380 g/mol. The SMILES string of the molecule is COc1ccc2nnc(CCCC(=O)N3CCCC[C@@H]3c3cccnc3)n2n1. The zero-order valence-corrected chi connectivity index (χ0v) is 16.0. The number of aromatic nitrogens is 5. The van der Waals surface area contributed by atoms with Crippen molar-refractivity contribution in [1.82, 2.24) is 29.7 Å². The summed E-state index contributed by atoms with van der Waals surface area (Å²) in [6.07, 6.45) is 8.66. The van der Waals surface area contributed by atoms with Crippen LogP contribution in [-0.4, -0.2) is 49.3 Å². The van der Waals surface area contributed by atoms with Crippen molar-refractivity contribution in [2.45, 2.75) is 44.6 Å². The monoisotopic (exact) mass is 380 g/mol. The Morgan fingerprint density at radius 2 is 2.18 bits per heavy atom. The number of amides is 1. The van der Waals surface area contributed by atoms with Gasteiger partial charge in [-0.05, 0) is 43.4 Å². The number of fused-ring (bicyclic) bond motifs is 1. The van der Waals surface area contributed by atoms with E-state index in [0.29, 0.717) is 30.8 Å². The quantitative estimate of drug-likeness (QED) is 0.653. The van der Waals surface area contributed by atoms with Crippen LogP contribution in [0.5, 0.6) is 5.88 Å². The third-order valence-corrected chi connectivity index (χ3v) is 5.20. The standard InChI is InChI=1S/C20H24N6O2/c1-28-19-11-10-18-23-22-17(26(18)24-19)8-4-9-20(27)25-13-3-2-7-16(25)15-6-5-12-21-14-15/h5-6,10-12,14,16H,2-4,7-9,13H2,1H3/t16-/m1/s1.